The lowest BCUT2D eigenvalue weighted by Gasteiger charge is -2.33. The molecule has 0 aliphatic carbocycles. The molecule has 0 saturated carbocycles. The zero-order chi connectivity index (χ0) is 13.1. The van der Waals surface area contributed by atoms with Crippen molar-refractivity contribution in [3.8, 4) is 0 Å². The van der Waals surface area contributed by atoms with Crippen LogP contribution in [0.2, 0.25) is 5.15 Å². The molecule has 1 fully saturated rings. The third-order valence-electron chi connectivity index (χ3n) is 3.09. The van der Waals surface area contributed by atoms with Gasteiger partial charge in [-0.05, 0) is 26.7 Å². The van der Waals surface area contributed by atoms with Crippen LogP contribution in [-0.4, -0.2) is 35.3 Å². The number of hydrogen-bond acceptors (Lipinski definition) is 5. The quantitative estimate of drug-likeness (QED) is 0.827. The maximum atomic E-state index is 6.03. The summed E-state index contributed by atoms with van der Waals surface area (Å²) in [6, 6.07) is 0.349. The van der Waals surface area contributed by atoms with E-state index in [2.05, 4.69) is 34.4 Å². The van der Waals surface area contributed by atoms with E-state index in [1.54, 1.807) is 0 Å². The second kappa shape index (κ2) is 5.71. The fraction of sp³-hybridized carbons (Fsp3) is 0.667. The van der Waals surface area contributed by atoms with Gasteiger partial charge in [0.1, 0.15) is 12.0 Å². The van der Waals surface area contributed by atoms with E-state index in [1.165, 1.54) is 6.33 Å². The molecule has 2 unspecified atom stereocenters. The Labute approximate surface area is 112 Å². The van der Waals surface area contributed by atoms with E-state index in [-0.39, 0.29) is 12.2 Å². The van der Waals surface area contributed by atoms with Crippen LogP contribution < -0.4 is 10.6 Å². The molecule has 0 aromatic carbocycles. The maximum Gasteiger partial charge on any atom is 0.157 e. The molecule has 6 heteroatoms. The second-order valence-corrected chi connectivity index (χ2v) is 5.07. The topological polar surface area (TPSA) is 59.1 Å². The van der Waals surface area contributed by atoms with Crippen LogP contribution in [0.15, 0.2) is 6.33 Å². The van der Waals surface area contributed by atoms with Gasteiger partial charge in [0.25, 0.3) is 0 Å². The first-order chi connectivity index (χ1) is 8.60. The van der Waals surface area contributed by atoms with Gasteiger partial charge in [-0.2, -0.15) is 0 Å². The summed E-state index contributed by atoms with van der Waals surface area (Å²) in [7, 11) is 1.81. The first-order valence-corrected chi connectivity index (χ1v) is 6.58. The summed E-state index contributed by atoms with van der Waals surface area (Å²) in [5, 5.41) is 6.88. The summed E-state index contributed by atoms with van der Waals surface area (Å²) >= 11 is 6.03. The molecule has 18 heavy (non-hydrogen) atoms. The van der Waals surface area contributed by atoms with Crippen molar-refractivity contribution >= 4 is 23.1 Å². The van der Waals surface area contributed by atoms with Crippen LogP contribution in [0.5, 0.6) is 0 Å². The molecule has 0 radical (unpaired) electrons. The minimum atomic E-state index is 0.265. The van der Waals surface area contributed by atoms with Crippen LogP contribution in [0.4, 0.5) is 11.5 Å². The molecule has 0 amide bonds. The van der Waals surface area contributed by atoms with Crippen molar-refractivity contribution in [1.29, 1.82) is 0 Å². The van der Waals surface area contributed by atoms with Crippen molar-refractivity contribution < 1.29 is 4.74 Å². The number of halogens is 1. The van der Waals surface area contributed by atoms with E-state index >= 15 is 0 Å². The van der Waals surface area contributed by atoms with Crippen molar-refractivity contribution in [3.05, 3.63) is 11.5 Å². The summed E-state index contributed by atoms with van der Waals surface area (Å²) in [6.45, 7) is 4.19. The van der Waals surface area contributed by atoms with Crippen molar-refractivity contribution in [2.45, 2.75) is 44.9 Å². The number of nitrogens with one attached hydrogen (secondary N) is 2. The lowest BCUT2D eigenvalue weighted by atomic mass is 10.00. The molecule has 1 saturated heterocycles. The molecule has 0 spiro atoms. The van der Waals surface area contributed by atoms with Gasteiger partial charge in [-0.3, -0.25) is 0 Å². The normalized spacial score (nSPS) is 27.9. The van der Waals surface area contributed by atoms with Gasteiger partial charge in [0.05, 0.1) is 12.2 Å². The number of hydrogen-bond donors (Lipinski definition) is 2. The number of rotatable bonds is 3. The molecular formula is C12H19ClN4O. The molecule has 2 N–H and O–H groups in total. The van der Waals surface area contributed by atoms with E-state index in [9.17, 15) is 0 Å². The molecule has 1 aromatic heterocycles. The van der Waals surface area contributed by atoms with E-state index in [1.807, 2.05) is 7.05 Å². The second-order valence-electron chi connectivity index (χ2n) is 4.71. The fourth-order valence-corrected chi connectivity index (χ4v) is 2.64. The Hall–Kier alpha value is -1.07. The van der Waals surface area contributed by atoms with Crippen molar-refractivity contribution in [3.63, 3.8) is 0 Å². The molecule has 100 valence electrons. The Morgan fingerprint density at radius 1 is 1.28 bits per heavy atom. The molecule has 1 aromatic rings. The van der Waals surface area contributed by atoms with Crippen LogP contribution in [0.25, 0.3) is 0 Å². The monoisotopic (exact) mass is 270 g/mol. The SMILES string of the molecule is CNc1c(Cl)ncnc1NC1CC(C)OC(C)C1. The smallest absolute Gasteiger partial charge is 0.157 e. The molecule has 5 nitrogen and oxygen atoms in total. The highest BCUT2D eigenvalue weighted by atomic mass is 35.5. The van der Waals surface area contributed by atoms with Gasteiger partial charge in [-0.1, -0.05) is 11.6 Å². The average molecular weight is 271 g/mol. The largest absolute Gasteiger partial charge is 0.383 e. The van der Waals surface area contributed by atoms with E-state index < -0.39 is 0 Å². The molecule has 0 bridgehead atoms. The highest BCUT2D eigenvalue weighted by molar-refractivity contribution is 6.32. The Morgan fingerprint density at radius 2 is 1.94 bits per heavy atom. The van der Waals surface area contributed by atoms with Gasteiger partial charge >= 0.3 is 0 Å². The van der Waals surface area contributed by atoms with Gasteiger partial charge in [-0.15, -0.1) is 0 Å². The van der Waals surface area contributed by atoms with Crippen LogP contribution in [0.1, 0.15) is 26.7 Å². The zero-order valence-corrected chi connectivity index (χ0v) is 11.7. The summed E-state index contributed by atoms with van der Waals surface area (Å²) in [6.07, 6.45) is 3.94. The van der Waals surface area contributed by atoms with Crippen molar-refractivity contribution in [1.82, 2.24) is 9.97 Å². The summed E-state index contributed by atoms with van der Waals surface area (Å²) in [5.74, 6) is 0.754. The fourth-order valence-electron chi connectivity index (χ4n) is 2.41. The predicted octanol–water partition coefficient (Wildman–Crippen LogP) is 2.54. The van der Waals surface area contributed by atoms with Gasteiger partial charge in [0, 0.05) is 13.1 Å². The van der Waals surface area contributed by atoms with Gasteiger partial charge in [0.15, 0.2) is 11.0 Å². The summed E-state index contributed by atoms with van der Waals surface area (Å²) < 4.78 is 5.72. The number of aromatic nitrogens is 2. The van der Waals surface area contributed by atoms with Gasteiger partial charge < -0.3 is 15.4 Å². The third-order valence-corrected chi connectivity index (χ3v) is 3.38. The van der Waals surface area contributed by atoms with Gasteiger partial charge in [-0.25, -0.2) is 9.97 Å². The predicted molar refractivity (Wildman–Crippen MR) is 73.2 cm³/mol. The first-order valence-electron chi connectivity index (χ1n) is 6.20. The molecule has 2 heterocycles. The van der Waals surface area contributed by atoms with Crippen LogP contribution >= 0.6 is 11.6 Å². The zero-order valence-electron chi connectivity index (χ0n) is 10.9. The molecule has 2 rings (SSSR count). The molecule has 1 aliphatic heterocycles. The molecule has 2 atom stereocenters. The Kier molecular flexibility index (Phi) is 4.24. The van der Waals surface area contributed by atoms with Crippen LogP contribution in [0.3, 0.4) is 0 Å². The number of anilines is 2. The first kappa shape index (κ1) is 13.4. The van der Waals surface area contributed by atoms with Gasteiger partial charge in [0.2, 0.25) is 0 Å². The number of ether oxygens (including phenoxy) is 1. The average Bonchev–Trinajstić information content (AvgIpc) is 2.27. The molecular weight excluding hydrogens is 252 g/mol. The van der Waals surface area contributed by atoms with E-state index in [0.29, 0.717) is 11.2 Å². The lowest BCUT2D eigenvalue weighted by molar-refractivity contribution is -0.0338. The highest BCUT2D eigenvalue weighted by Crippen LogP contribution is 2.28. The highest BCUT2D eigenvalue weighted by Gasteiger charge is 2.25. The maximum absolute atomic E-state index is 6.03. The number of nitrogens with zero attached hydrogens (tertiary/aromatic N) is 2. The summed E-state index contributed by atoms with van der Waals surface area (Å²) in [5.41, 5.74) is 0.742. The van der Waals surface area contributed by atoms with Crippen molar-refractivity contribution in [2.24, 2.45) is 0 Å². The Bertz CT molecular complexity index is 405. The Balaban J connectivity index is 2.11. The van der Waals surface area contributed by atoms with Crippen LogP contribution in [0, 0.1) is 0 Å². The van der Waals surface area contributed by atoms with Crippen LogP contribution in [-0.2, 0) is 4.74 Å². The minimum Gasteiger partial charge on any atom is -0.383 e. The van der Waals surface area contributed by atoms with Crippen molar-refractivity contribution in [2.75, 3.05) is 17.7 Å². The molecule has 1 aliphatic rings. The van der Waals surface area contributed by atoms with E-state index in [0.717, 1.165) is 24.3 Å². The third kappa shape index (κ3) is 3.03. The standard InChI is InChI=1S/C12H19ClN4O/c1-7-4-9(5-8(2)18-7)17-12-10(14-3)11(13)15-6-16-12/h6-9,14H,4-5H2,1-3H3,(H,15,16,17). The lowest BCUT2D eigenvalue weighted by Crippen LogP contribution is -2.37. The van der Waals surface area contributed by atoms with E-state index in [4.69, 9.17) is 16.3 Å². The minimum absolute atomic E-state index is 0.265. The Morgan fingerprint density at radius 3 is 2.56 bits per heavy atom. The summed E-state index contributed by atoms with van der Waals surface area (Å²) in [4.78, 5) is 8.21.